The quantitative estimate of drug-likeness (QED) is 0.559. The summed E-state index contributed by atoms with van der Waals surface area (Å²) in [4.78, 5) is 23.9. The molecule has 6 heteroatoms. The second-order valence-electron chi connectivity index (χ2n) is 4.94. The van der Waals surface area contributed by atoms with Crippen LogP contribution in [-0.4, -0.2) is 24.5 Å². The highest BCUT2D eigenvalue weighted by molar-refractivity contribution is 9.10. The van der Waals surface area contributed by atoms with Gasteiger partial charge in [-0.2, -0.15) is 5.26 Å². The summed E-state index contributed by atoms with van der Waals surface area (Å²) in [6.45, 7) is 1.18. The molecule has 2 aromatic rings. The number of Topliss-reactive ketones (excluding diaryl/α,β-unsaturated/α-hetero) is 1. The number of carbonyl (C=O) groups is 2. The summed E-state index contributed by atoms with van der Waals surface area (Å²) < 4.78 is 11.2. The van der Waals surface area contributed by atoms with Crippen molar-refractivity contribution in [2.24, 2.45) is 0 Å². The van der Waals surface area contributed by atoms with Gasteiger partial charge >= 0.3 is 5.97 Å². The molecule has 0 N–H and O–H groups in total. The molecule has 24 heavy (non-hydrogen) atoms. The Morgan fingerprint density at radius 3 is 2.54 bits per heavy atom. The number of carbonyl (C=O) groups excluding carboxylic acids is 2. The van der Waals surface area contributed by atoms with Crippen molar-refractivity contribution in [3.63, 3.8) is 0 Å². The van der Waals surface area contributed by atoms with Crippen LogP contribution in [0.4, 0.5) is 0 Å². The van der Waals surface area contributed by atoms with Crippen LogP contribution in [0.1, 0.15) is 22.8 Å². The van der Waals surface area contributed by atoms with Gasteiger partial charge in [0.15, 0.2) is 18.5 Å². The third-order valence-electron chi connectivity index (χ3n) is 3.12. The Kier molecular flexibility index (Phi) is 6.10. The van der Waals surface area contributed by atoms with E-state index in [0.717, 1.165) is 4.47 Å². The van der Waals surface area contributed by atoms with E-state index in [2.05, 4.69) is 15.9 Å². The van der Waals surface area contributed by atoms with E-state index in [0.29, 0.717) is 16.9 Å². The molecule has 0 saturated heterocycles. The van der Waals surface area contributed by atoms with E-state index in [1.165, 1.54) is 6.92 Å². The maximum Gasteiger partial charge on any atom is 0.347 e. The Hall–Kier alpha value is -2.65. The van der Waals surface area contributed by atoms with Crippen molar-refractivity contribution in [3.8, 4) is 11.8 Å². The van der Waals surface area contributed by atoms with Crippen LogP contribution in [0.3, 0.4) is 0 Å². The van der Waals surface area contributed by atoms with Crippen LogP contribution < -0.4 is 4.74 Å². The van der Waals surface area contributed by atoms with Crippen LogP contribution in [-0.2, 0) is 9.53 Å². The van der Waals surface area contributed by atoms with Crippen LogP contribution in [0.25, 0.3) is 0 Å². The first-order valence-electron chi connectivity index (χ1n) is 7.12. The molecule has 1 atom stereocenters. The van der Waals surface area contributed by atoms with Gasteiger partial charge in [0.1, 0.15) is 5.75 Å². The molecule has 0 saturated carbocycles. The average Bonchev–Trinajstić information content (AvgIpc) is 2.60. The van der Waals surface area contributed by atoms with Gasteiger partial charge in [-0.15, -0.1) is 0 Å². The van der Waals surface area contributed by atoms with E-state index in [4.69, 9.17) is 14.7 Å². The number of nitrogens with zero attached hydrogens (tertiary/aromatic N) is 1. The standard InChI is InChI=1S/C18H14BrNO4/c1-12(24-16-7-5-13(10-20)6-8-16)18(22)23-11-17(21)14-3-2-4-15(19)9-14/h2-9,12H,11H2,1H3/t12-/m1/s1. The minimum atomic E-state index is -0.867. The van der Waals surface area contributed by atoms with Gasteiger partial charge in [-0.1, -0.05) is 28.1 Å². The van der Waals surface area contributed by atoms with Gasteiger partial charge in [0, 0.05) is 10.0 Å². The number of esters is 1. The van der Waals surface area contributed by atoms with Crippen molar-refractivity contribution in [1.82, 2.24) is 0 Å². The zero-order valence-electron chi connectivity index (χ0n) is 12.9. The van der Waals surface area contributed by atoms with Gasteiger partial charge in [0.25, 0.3) is 0 Å². The number of hydrogen-bond donors (Lipinski definition) is 0. The average molecular weight is 388 g/mol. The summed E-state index contributed by atoms with van der Waals surface area (Å²) in [7, 11) is 0. The summed E-state index contributed by atoms with van der Waals surface area (Å²) in [5.41, 5.74) is 0.954. The Balaban J connectivity index is 1.87. The normalized spacial score (nSPS) is 11.2. The van der Waals surface area contributed by atoms with Crippen molar-refractivity contribution in [3.05, 3.63) is 64.1 Å². The molecule has 0 spiro atoms. The molecule has 0 amide bonds. The fourth-order valence-corrected chi connectivity index (χ4v) is 2.26. The van der Waals surface area contributed by atoms with Crippen LogP contribution in [0, 0.1) is 11.3 Å². The van der Waals surface area contributed by atoms with E-state index >= 15 is 0 Å². The second kappa shape index (κ2) is 8.27. The molecule has 0 aliphatic rings. The molecule has 2 aromatic carbocycles. The van der Waals surface area contributed by atoms with Gasteiger partial charge in [0.2, 0.25) is 0 Å². The summed E-state index contributed by atoms with van der Waals surface area (Å²) >= 11 is 3.28. The van der Waals surface area contributed by atoms with Gasteiger partial charge in [-0.3, -0.25) is 4.79 Å². The SMILES string of the molecule is C[C@@H](Oc1ccc(C#N)cc1)C(=O)OCC(=O)c1cccc(Br)c1. The molecule has 0 radical (unpaired) electrons. The molecule has 0 unspecified atom stereocenters. The number of ketones is 1. The summed E-state index contributed by atoms with van der Waals surface area (Å²) in [5, 5.41) is 8.73. The van der Waals surface area contributed by atoms with Crippen LogP contribution in [0.15, 0.2) is 53.0 Å². The van der Waals surface area contributed by atoms with Gasteiger partial charge in [-0.25, -0.2) is 4.79 Å². The smallest absolute Gasteiger partial charge is 0.347 e. The largest absolute Gasteiger partial charge is 0.479 e. The topological polar surface area (TPSA) is 76.4 Å². The van der Waals surface area contributed by atoms with Crippen LogP contribution >= 0.6 is 15.9 Å². The van der Waals surface area contributed by atoms with Crippen molar-refractivity contribution < 1.29 is 19.1 Å². The Labute approximate surface area is 147 Å². The van der Waals surface area contributed by atoms with Crippen molar-refractivity contribution in [1.29, 1.82) is 5.26 Å². The predicted octanol–water partition coefficient (Wildman–Crippen LogP) is 3.51. The van der Waals surface area contributed by atoms with Crippen molar-refractivity contribution in [2.75, 3.05) is 6.61 Å². The first-order chi connectivity index (χ1) is 11.5. The van der Waals surface area contributed by atoms with E-state index < -0.39 is 12.1 Å². The van der Waals surface area contributed by atoms with Gasteiger partial charge < -0.3 is 9.47 Å². The van der Waals surface area contributed by atoms with Crippen molar-refractivity contribution in [2.45, 2.75) is 13.0 Å². The second-order valence-corrected chi connectivity index (χ2v) is 5.85. The Morgan fingerprint density at radius 2 is 1.92 bits per heavy atom. The van der Waals surface area contributed by atoms with E-state index in [1.54, 1.807) is 48.5 Å². The highest BCUT2D eigenvalue weighted by atomic mass is 79.9. The first kappa shape index (κ1) is 17.7. The molecule has 0 aliphatic heterocycles. The fourth-order valence-electron chi connectivity index (χ4n) is 1.86. The summed E-state index contributed by atoms with van der Waals surface area (Å²) in [6.07, 6.45) is -0.867. The minimum absolute atomic E-state index is 0.296. The number of rotatable bonds is 6. The van der Waals surface area contributed by atoms with E-state index in [9.17, 15) is 9.59 Å². The first-order valence-corrected chi connectivity index (χ1v) is 7.91. The van der Waals surface area contributed by atoms with Crippen molar-refractivity contribution >= 4 is 27.7 Å². The zero-order valence-corrected chi connectivity index (χ0v) is 14.4. The summed E-state index contributed by atoms with van der Waals surface area (Å²) in [5.74, 6) is -0.491. The third-order valence-corrected chi connectivity index (χ3v) is 3.61. The van der Waals surface area contributed by atoms with E-state index in [1.807, 2.05) is 6.07 Å². The zero-order chi connectivity index (χ0) is 17.5. The lowest BCUT2D eigenvalue weighted by Gasteiger charge is -2.13. The molecule has 122 valence electrons. The molecule has 0 aliphatic carbocycles. The predicted molar refractivity (Wildman–Crippen MR) is 90.7 cm³/mol. The lowest BCUT2D eigenvalue weighted by atomic mass is 10.1. The number of nitriles is 1. The number of halogens is 1. The fraction of sp³-hybridized carbons (Fsp3) is 0.167. The molecule has 0 aromatic heterocycles. The molecule has 2 rings (SSSR count). The Morgan fingerprint density at radius 1 is 1.21 bits per heavy atom. The molecule has 5 nitrogen and oxygen atoms in total. The highest BCUT2D eigenvalue weighted by Gasteiger charge is 2.18. The van der Waals surface area contributed by atoms with Gasteiger partial charge in [0.05, 0.1) is 11.6 Å². The van der Waals surface area contributed by atoms with Crippen LogP contribution in [0.2, 0.25) is 0 Å². The van der Waals surface area contributed by atoms with Gasteiger partial charge in [-0.05, 0) is 43.3 Å². The number of ether oxygens (including phenoxy) is 2. The van der Waals surface area contributed by atoms with E-state index in [-0.39, 0.29) is 12.4 Å². The number of benzene rings is 2. The Bertz CT molecular complexity index is 780. The highest BCUT2D eigenvalue weighted by Crippen LogP contribution is 2.15. The third kappa shape index (κ3) is 4.93. The van der Waals surface area contributed by atoms with Crippen LogP contribution in [0.5, 0.6) is 5.75 Å². The maximum atomic E-state index is 12.0. The minimum Gasteiger partial charge on any atom is -0.479 e. The molecule has 0 heterocycles. The molecule has 0 fully saturated rings. The lowest BCUT2D eigenvalue weighted by Crippen LogP contribution is -2.28. The molecular formula is C18H14BrNO4. The molecular weight excluding hydrogens is 374 g/mol. The number of hydrogen-bond acceptors (Lipinski definition) is 5. The lowest BCUT2D eigenvalue weighted by molar-refractivity contribution is -0.149. The summed E-state index contributed by atoms with van der Waals surface area (Å²) in [6, 6.07) is 15.2. The maximum absolute atomic E-state index is 12.0. The monoisotopic (exact) mass is 387 g/mol. The molecule has 0 bridgehead atoms.